The standard InChI is InChI=1S/C13H18N2OS.C2H6/c1-10-4-5-12-13(8-10)15(9-14-12)11(2)6-7-17(3)16;1-2/h4-5,8-9,11H,6-7H2,1-3H3;1-2H3. The Balaban J connectivity index is 0.000000861. The topological polar surface area (TPSA) is 34.9 Å². The normalized spacial score (nSPS) is 13.7. The van der Waals surface area contributed by atoms with Crippen LogP contribution in [-0.4, -0.2) is 25.8 Å². The molecule has 0 aliphatic heterocycles. The lowest BCUT2D eigenvalue weighted by Gasteiger charge is -2.13. The van der Waals surface area contributed by atoms with E-state index in [9.17, 15) is 4.21 Å². The fraction of sp³-hybridized carbons (Fsp3) is 0.533. The van der Waals surface area contributed by atoms with Crippen LogP contribution in [0.3, 0.4) is 0 Å². The van der Waals surface area contributed by atoms with Gasteiger partial charge in [0.15, 0.2) is 0 Å². The molecule has 2 aromatic rings. The summed E-state index contributed by atoms with van der Waals surface area (Å²) >= 11 is 0. The zero-order chi connectivity index (χ0) is 14.4. The SMILES string of the molecule is CC.Cc1ccc2ncn(C(C)CCS(C)=O)c2c1. The fourth-order valence-electron chi connectivity index (χ4n) is 1.96. The molecule has 0 radical (unpaired) electrons. The Morgan fingerprint density at radius 2 is 2.05 bits per heavy atom. The molecule has 0 fully saturated rings. The summed E-state index contributed by atoms with van der Waals surface area (Å²) in [5.41, 5.74) is 3.44. The fourth-order valence-corrected chi connectivity index (χ4v) is 2.64. The number of imidazole rings is 1. The van der Waals surface area contributed by atoms with Crippen molar-refractivity contribution in [1.82, 2.24) is 9.55 Å². The van der Waals surface area contributed by atoms with Crippen LogP contribution in [0.2, 0.25) is 0 Å². The summed E-state index contributed by atoms with van der Waals surface area (Å²) in [6.07, 6.45) is 4.55. The van der Waals surface area contributed by atoms with Crippen molar-refractivity contribution >= 4 is 21.8 Å². The molecular weight excluding hydrogens is 256 g/mol. The first-order valence-corrected chi connectivity index (χ1v) is 8.54. The summed E-state index contributed by atoms with van der Waals surface area (Å²) in [5, 5.41) is 0. The van der Waals surface area contributed by atoms with Gasteiger partial charge in [-0.1, -0.05) is 19.9 Å². The van der Waals surface area contributed by atoms with E-state index in [0.717, 1.165) is 17.7 Å². The molecule has 19 heavy (non-hydrogen) atoms. The van der Waals surface area contributed by atoms with E-state index in [-0.39, 0.29) is 0 Å². The zero-order valence-corrected chi connectivity index (χ0v) is 13.3. The molecule has 0 aliphatic rings. The van der Waals surface area contributed by atoms with E-state index >= 15 is 0 Å². The molecule has 0 bridgehead atoms. The summed E-state index contributed by atoms with van der Waals surface area (Å²) in [4.78, 5) is 4.40. The van der Waals surface area contributed by atoms with Gasteiger partial charge in [0.2, 0.25) is 0 Å². The van der Waals surface area contributed by atoms with Gasteiger partial charge >= 0.3 is 0 Å². The molecule has 1 aromatic heterocycles. The Morgan fingerprint density at radius 3 is 2.68 bits per heavy atom. The van der Waals surface area contributed by atoms with Crippen molar-refractivity contribution in [2.45, 2.75) is 40.2 Å². The highest BCUT2D eigenvalue weighted by Crippen LogP contribution is 2.20. The lowest BCUT2D eigenvalue weighted by atomic mass is 10.2. The minimum atomic E-state index is -0.720. The number of hydrogen-bond acceptors (Lipinski definition) is 2. The quantitative estimate of drug-likeness (QED) is 0.856. The molecule has 0 spiro atoms. The smallest absolute Gasteiger partial charge is 0.0960 e. The highest BCUT2D eigenvalue weighted by atomic mass is 32.2. The molecule has 0 aliphatic carbocycles. The van der Waals surface area contributed by atoms with Crippen LogP contribution in [0, 0.1) is 6.92 Å². The second kappa shape index (κ2) is 7.43. The zero-order valence-electron chi connectivity index (χ0n) is 12.5. The van der Waals surface area contributed by atoms with Crippen molar-refractivity contribution in [1.29, 1.82) is 0 Å². The highest BCUT2D eigenvalue weighted by Gasteiger charge is 2.09. The third kappa shape index (κ3) is 4.16. The molecule has 0 N–H and O–H groups in total. The van der Waals surface area contributed by atoms with Crippen molar-refractivity contribution in [2.75, 3.05) is 12.0 Å². The summed E-state index contributed by atoms with van der Waals surface area (Å²) < 4.78 is 13.3. The predicted molar refractivity (Wildman–Crippen MR) is 84.1 cm³/mol. The molecule has 0 saturated heterocycles. The van der Waals surface area contributed by atoms with E-state index in [1.165, 1.54) is 11.1 Å². The van der Waals surface area contributed by atoms with Crippen molar-refractivity contribution in [3.63, 3.8) is 0 Å². The molecule has 0 amide bonds. The largest absolute Gasteiger partial charge is 0.328 e. The molecule has 2 rings (SSSR count). The van der Waals surface area contributed by atoms with Crippen LogP contribution in [0.4, 0.5) is 0 Å². The summed E-state index contributed by atoms with van der Waals surface area (Å²) in [5.74, 6) is 0.743. The van der Waals surface area contributed by atoms with Crippen LogP contribution < -0.4 is 0 Å². The first-order chi connectivity index (χ1) is 9.08. The van der Waals surface area contributed by atoms with Gasteiger partial charge in [0.05, 0.1) is 17.4 Å². The molecule has 2 atom stereocenters. The van der Waals surface area contributed by atoms with Crippen LogP contribution in [0.15, 0.2) is 24.5 Å². The van der Waals surface area contributed by atoms with E-state index in [1.807, 2.05) is 26.2 Å². The summed E-state index contributed by atoms with van der Waals surface area (Å²) in [7, 11) is -0.720. The summed E-state index contributed by atoms with van der Waals surface area (Å²) in [6, 6.07) is 6.62. The van der Waals surface area contributed by atoms with Crippen LogP contribution >= 0.6 is 0 Å². The predicted octanol–water partition coefficient (Wildman–Crippen LogP) is 3.70. The van der Waals surface area contributed by atoms with Gasteiger partial charge in [-0.3, -0.25) is 4.21 Å². The molecule has 3 nitrogen and oxygen atoms in total. The van der Waals surface area contributed by atoms with E-state index < -0.39 is 10.8 Å². The average molecular weight is 280 g/mol. The maximum Gasteiger partial charge on any atom is 0.0960 e. The molecule has 106 valence electrons. The second-order valence-electron chi connectivity index (χ2n) is 4.56. The van der Waals surface area contributed by atoms with E-state index in [1.54, 1.807) is 6.26 Å². The Labute approximate surface area is 118 Å². The Hall–Kier alpha value is -1.16. The van der Waals surface area contributed by atoms with Gasteiger partial charge in [-0.2, -0.15) is 0 Å². The van der Waals surface area contributed by atoms with Crippen LogP contribution in [0.5, 0.6) is 0 Å². The first-order valence-electron chi connectivity index (χ1n) is 6.81. The number of aryl methyl sites for hydroxylation is 1. The molecule has 4 heteroatoms. The van der Waals surface area contributed by atoms with Gasteiger partial charge in [0, 0.05) is 28.9 Å². The number of aromatic nitrogens is 2. The molecule has 2 unspecified atom stereocenters. The maximum atomic E-state index is 11.1. The average Bonchev–Trinajstić information content (AvgIpc) is 2.81. The number of rotatable bonds is 4. The van der Waals surface area contributed by atoms with Gasteiger partial charge in [-0.25, -0.2) is 4.98 Å². The number of fused-ring (bicyclic) bond motifs is 1. The van der Waals surface area contributed by atoms with Crippen LogP contribution in [-0.2, 0) is 10.8 Å². The van der Waals surface area contributed by atoms with Gasteiger partial charge in [-0.05, 0) is 38.0 Å². The Morgan fingerprint density at radius 1 is 1.37 bits per heavy atom. The van der Waals surface area contributed by atoms with Crippen LogP contribution in [0.25, 0.3) is 11.0 Å². The van der Waals surface area contributed by atoms with E-state index in [2.05, 4.69) is 35.5 Å². The number of benzene rings is 1. The van der Waals surface area contributed by atoms with E-state index in [4.69, 9.17) is 0 Å². The summed E-state index contributed by atoms with van der Waals surface area (Å²) in [6.45, 7) is 8.23. The molecule has 1 heterocycles. The van der Waals surface area contributed by atoms with Crippen LogP contribution in [0.1, 0.15) is 38.8 Å². The van der Waals surface area contributed by atoms with Crippen molar-refractivity contribution in [3.8, 4) is 0 Å². The second-order valence-corrected chi connectivity index (χ2v) is 6.11. The number of hydrogen-bond donors (Lipinski definition) is 0. The Bertz CT molecular complexity index is 548. The monoisotopic (exact) mass is 280 g/mol. The maximum absolute atomic E-state index is 11.1. The van der Waals surface area contributed by atoms with Crippen molar-refractivity contribution in [2.24, 2.45) is 0 Å². The number of nitrogens with zero attached hydrogens (tertiary/aromatic N) is 2. The third-order valence-corrected chi connectivity index (χ3v) is 3.84. The first kappa shape index (κ1) is 15.9. The van der Waals surface area contributed by atoms with Gasteiger partial charge < -0.3 is 4.57 Å². The van der Waals surface area contributed by atoms with Gasteiger partial charge in [-0.15, -0.1) is 0 Å². The molecule has 0 saturated carbocycles. The van der Waals surface area contributed by atoms with Gasteiger partial charge in [0.1, 0.15) is 0 Å². The van der Waals surface area contributed by atoms with Crippen molar-refractivity contribution in [3.05, 3.63) is 30.1 Å². The van der Waals surface area contributed by atoms with Gasteiger partial charge in [0.25, 0.3) is 0 Å². The lowest BCUT2D eigenvalue weighted by molar-refractivity contribution is 0.545. The third-order valence-electron chi connectivity index (χ3n) is 3.03. The molecule has 1 aromatic carbocycles. The minimum Gasteiger partial charge on any atom is -0.328 e. The van der Waals surface area contributed by atoms with Crippen molar-refractivity contribution < 1.29 is 4.21 Å². The highest BCUT2D eigenvalue weighted by molar-refractivity contribution is 7.84. The Kier molecular flexibility index (Phi) is 6.22. The minimum absolute atomic E-state index is 0.339. The molecular formula is C15H24N2OS. The van der Waals surface area contributed by atoms with E-state index in [0.29, 0.717) is 6.04 Å². The lowest BCUT2D eigenvalue weighted by Crippen LogP contribution is -2.08.